The summed E-state index contributed by atoms with van der Waals surface area (Å²) in [6.45, 7) is 0. The van der Waals surface area contributed by atoms with E-state index in [9.17, 15) is 22.8 Å². The first-order valence-electron chi connectivity index (χ1n) is 10.8. The number of hydrogen-bond acceptors (Lipinski definition) is 5. The number of halogens is 3. The van der Waals surface area contributed by atoms with Crippen LogP contribution in [0.3, 0.4) is 0 Å². The van der Waals surface area contributed by atoms with Crippen molar-refractivity contribution in [3.8, 4) is 17.2 Å². The lowest BCUT2D eigenvalue weighted by Crippen LogP contribution is -2.40. The van der Waals surface area contributed by atoms with Gasteiger partial charge in [-0.2, -0.15) is 13.2 Å². The van der Waals surface area contributed by atoms with Crippen molar-refractivity contribution < 1.29 is 37.0 Å². The zero-order valence-corrected chi connectivity index (χ0v) is 19.0. The Bertz CT molecular complexity index is 1170. The molecule has 1 heterocycles. The van der Waals surface area contributed by atoms with Gasteiger partial charge in [-0.15, -0.1) is 0 Å². The fourth-order valence-corrected chi connectivity index (χ4v) is 4.70. The number of nitrogens with zero attached hydrogens (tertiary/aromatic N) is 1. The zero-order chi connectivity index (χ0) is 24.6. The maximum atomic E-state index is 13.4. The molecule has 2 aromatic carbocycles. The van der Waals surface area contributed by atoms with E-state index in [0.717, 1.165) is 12.1 Å². The van der Waals surface area contributed by atoms with E-state index in [1.807, 2.05) is 0 Å². The van der Waals surface area contributed by atoms with Gasteiger partial charge in [-0.05, 0) is 37.1 Å². The summed E-state index contributed by atoms with van der Waals surface area (Å²) >= 11 is 0. The summed E-state index contributed by atoms with van der Waals surface area (Å²) in [4.78, 5) is 27.8. The van der Waals surface area contributed by atoms with Crippen LogP contribution in [0.1, 0.15) is 42.7 Å². The van der Waals surface area contributed by atoms with Crippen molar-refractivity contribution in [3.05, 3.63) is 58.8 Å². The number of ketones is 1. The first-order chi connectivity index (χ1) is 16.2. The van der Waals surface area contributed by atoms with E-state index >= 15 is 0 Å². The summed E-state index contributed by atoms with van der Waals surface area (Å²) < 4.78 is 56.2. The molecule has 0 aromatic heterocycles. The number of benzene rings is 2. The average Bonchev–Trinajstić information content (AvgIpc) is 2.82. The molecule has 4 rings (SSSR count). The van der Waals surface area contributed by atoms with E-state index in [4.69, 9.17) is 14.2 Å². The lowest BCUT2D eigenvalue weighted by Gasteiger charge is -2.38. The highest BCUT2D eigenvalue weighted by molar-refractivity contribution is 6.07. The maximum absolute atomic E-state index is 13.4. The van der Waals surface area contributed by atoms with Gasteiger partial charge >= 0.3 is 6.18 Å². The van der Waals surface area contributed by atoms with Crippen LogP contribution in [0, 0.1) is 0 Å². The number of rotatable bonds is 5. The highest BCUT2D eigenvalue weighted by atomic mass is 19.4. The number of hydrogen-bond donors (Lipinski definition) is 0. The Balaban J connectivity index is 1.89. The molecule has 0 bridgehead atoms. The van der Waals surface area contributed by atoms with Gasteiger partial charge in [-0.1, -0.05) is 6.07 Å². The normalized spacial score (nSPS) is 18.6. The molecule has 1 aliphatic carbocycles. The van der Waals surface area contributed by atoms with E-state index in [0.29, 0.717) is 53.3 Å². The molecule has 1 amide bonds. The molecule has 1 atom stereocenters. The van der Waals surface area contributed by atoms with Crippen molar-refractivity contribution in [2.45, 2.75) is 37.8 Å². The predicted octanol–water partition coefficient (Wildman–Crippen LogP) is 5.26. The molecule has 0 saturated carbocycles. The Hall–Kier alpha value is -3.49. The first kappa shape index (κ1) is 23.7. The SMILES string of the molecule is COc1cc(OC)c([C@H]2CC(=O)N(c3cccc(C(F)(F)F)c3)C3=C2C(=O)CCC3)cc1OC. The number of Topliss-reactive ketones (excluding diaryl/α,β-unsaturated/α-hetero) is 1. The number of carbonyl (C=O) groups excluding carboxylic acids is 2. The number of amides is 1. The van der Waals surface area contributed by atoms with Gasteiger partial charge in [0.15, 0.2) is 17.3 Å². The van der Waals surface area contributed by atoms with Crippen molar-refractivity contribution in [2.75, 3.05) is 26.2 Å². The summed E-state index contributed by atoms with van der Waals surface area (Å²) in [7, 11) is 4.44. The molecule has 0 saturated heterocycles. The van der Waals surface area contributed by atoms with Gasteiger partial charge in [0.05, 0.1) is 26.9 Å². The molecule has 0 radical (unpaired) electrons. The van der Waals surface area contributed by atoms with Crippen molar-refractivity contribution in [1.29, 1.82) is 0 Å². The van der Waals surface area contributed by atoms with E-state index < -0.39 is 23.6 Å². The van der Waals surface area contributed by atoms with Crippen LogP contribution < -0.4 is 19.1 Å². The Kier molecular flexibility index (Phi) is 6.29. The van der Waals surface area contributed by atoms with Crippen LogP contribution in [-0.4, -0.2) is 33.0 Å². The molecule has 0 fully saturated rings. The van der Waals surface area contributed by atoms with Crippen LogP contribution in [0.4, 0.5) is 18.9 Å². The van der Waals surface area contributed by atoms with Crippen molar-refractivity contribution in [3.63, 3.8) is 0 Å². The van der Waals surface area contributed by atoms with Gasteiger partial charge in [0.2, 0.25) is 5.91 Å². The lowest BCUT2D eigenvalue weighted by atomic mass is 9.76. The Labute approximate surface area is 194 Å². The van der Waals surface area contributed by atoms with E-state index in [1.165, 1.54) is 38.4 Å². The van der Waals surface area contributed by atoms with Gasteiger partial charge in [0, 0.05) is 47.3 Å². The standard InChI is InChI=1S/C25H24F3NO5/c1-32-20-13-22(34-3)21(33-2)11-16(20)17-12-23(31)29(18-8-5-9-19(30)24(17)18)15-7-4-6-14(10-15)25(26,27)28/h4,6-7,10-11,13,17H,5,8-9,12H2,1-3H3/t17-/m1/s1. The molecular formula is C25H24F3NO5. The highest BCUT2D eigenvalue weighted by Crippen LogP contribution is 2.48. The molecule has 0 spiro atoms. The first-order valence-corrected chi connectivity index (χ1v) is 10.8. The average molecular weight is 475 g/mol. The quantitative estimate of drug-likeness (QED) is 0.591. The number of anilines is 1. The molecular weight excluding hydrogens is 451 g/mol. The summed E-state index contributed by atoms with van der Waals surface area (Å²) in [6.07, 6.45) is -3.45. The topological polar surface area (TPSA) is 65.1 Å². The summed E-state index contributed by atoms with van der Waals surface area (Å²) in [5, 5.41) is 0. The van der Waals surface area contributed by atoms with Gasteiger partial charge in [0.25, 0.3) is 0 Å². The van der Waals surface area contributed by atoms with E-state index in [1.54, 1.807) is 12.1 Å². The van der Waals surface area contributed by atoms with E-state index in [2.05, 4.69) is 0 Å². The van der Waals surface area contributed by atoms with Crippen LogP contribution in [0.2, 0.25) is 0 Å². The molecule has 2 aromatic rings. The molecule has 9 heteroatoms. The van der Waals surface area contributed by atoms with Crippen LogP contribution >= 0.6 is 0 Å². The maximum Gasteiger partial charge on any atom is 0.416 e. The molecule has 34 heavy (non-hydrogen) atoms. The third kappa shape index (κ3) is 4.10. The minimum Gasteiger partial charge on any atom is -0.496 e. The van der Waals surface area contributed by atoms with Crippen LogP contribution in [0.15, 0.2) is 47.7 Å². The number of ether oxygens (including phenoxy) is 3. The summed E-state index contributed by atoms with van der Waals surface area (Å²) in [5.74, 6) is 0.124. The lowest BCUT2D eigenvalue weighted by molar-refractivity contribution is -0.137. The fraction of sp³-hybridized carbons (Fsp3) is 0.360. The minimum atomic E-state index is -4.55. The molecule has 6 nitrogen and oxygen atoms in total. The Morgan fingerprint density at radius 1 is 0.912 bits per heavy atom. The number of carbonyl (C=O) groups is 2. The minimum absolute atomic E-state index is 0.0970. The largest absolute Gasteiger partial charge is 0.496 e. The fourth-order valence-electron chi connectivity index (χ4n) is 4.70. The van der Waals surface area contributed by atoms with Crippen LogP contribution in [-0.2, 0) is 15.8 Å². The van der Waals surface area contributed by atoms with Gasteiger partial charge in [-0.3, -0.25) is 14.5 Å². The summed E-state index contributed by atoms with van der Waals surface area (Å²) in [6, 6.07) is 7.93. The number of allylic oxidation sites excluding steroid dienone is 2. The van der Waals surface area contributed by atoms with Crippen molar-refractivity contribution in [1.82, 2.24) is 0 Å². The number of alkyl halides is 3. The van der Waals surface area contributed by atoms with E-state index in [-0.39, 0.29) is 17.9 Å². The second-order valence-electron chi connectivity index (χ2n) is 8.12. The van der Waals surface area contributed by atoms with Gasteiger partial charge in [0.1, 0.15) is 5.75 Å². The molecule has 2 aliphatic rings. The monoisotopic (exact) mass is 475 g/mol. The molecule has 1 aliphatic heterocycles. The molecule has 0 N–H and O–H groups in total. The molecule has 0 unspecified atom stereocenters. The van der Waals surface area contributed by atoms with Crippen molar-refractivity contribution in [2.24, 2.45) is 0 Å². The Morgan fingerprint density at radius 2 is 1.59 bits per heavy atom. The number of methoxy groups -OCH3 is 3. The predicted molar refractivity (Wildman–Crippen MR) is 118 cm³/mol. The smallest absolute Gasteiger partial charge is 0.416 e. The van der Waals surface area contributed by atoms with Gasteiger partial charge < -0.3 is 14.2 Å². The molecule has 180 valence electrons. The van der Waals surface area contributed by atoms with Crippen molar-refractivity contribution >= 4 is 17.4 Å². The zero-order valence-electron chi connectivity index (χ0n) is 19.0. The van der Waals surface area contributed by atoms with Crippen LogP contribution in [0.25, 0.3) is 0 Å². The third-order valence-corrected chi connectivity index (χ3v) is 6.22. The van der Waals surface area contributed by atoms with Crippen LogP contribution in [0.5, 0.6) is 17.2 Å². The second-order valence-corrected chi connectivity index (χ2v) is 8.12. The Morgan fingerprint density at radius 3 is 2.24 bits per heavy atom. The summed E-state index contributed by atoms with van der Waals surface area (Å²) in [5.41, 5.74) is 0.688. The third-order valence-electron chi connectivity index (χ3n) is 6.22. The highest BCUT2D eigenvalue weighted by Gasteiger charge is 2.41. The van der Waals surface area contributed by atoms with Gasteiger partial charge in [-0.25, -0.2) is 0 Å². The second kappa shape index (κ2) is 9.04.